The maximum Gasteiger partial charge on any atom is 0.246 e. The molecule has 1 aromatic rings. The topological polar surface area (TPSA) is 111 Å². The number of ether oxygens (including phenoxy) is 2. The molecule has 0 saturated carbocycles. The molecule has 8 nitrogen and oxygen atoms in total. The molecule has 0 bridgehead atoms. The van der Waals surface area contributed by atoms with Crippen LogP contribution in [0.15, 0.2) is 23.1 Å². The van der Waals surface area contributed by atoms with Crippen molar-refractivity contribution in [1.82, 2.24) is 4.31 Å². The fraction of sp³-hybridized carbons (Fsp3) is 0.562. The summed E-state index contributed by atoms with van der Waals surface area (Å²) in [4.78, 5) is 12.0. The number of benzene rings is 1. The third-order valence-electron chi connectivity index (χ3n) is 3.86. The molecular weight excluding hydrogens is 346 g/mol. The van der Waals surface area contributed by atoms with Crippen LogP contribution >= 0.6 is 0 Å². The Balaban J connectivity index is 2.23. The van der Waals surface area contributed by atoms with E-state index in [1.165, 1.54) is 23.5 Å². The maximum atomic E-state index is 12.9. The number of nitrogens with one attached hydrogen (secondary N) is 1. The summed E-state index contributed by atoms with van der Waals surface area (Å²) in [7, 11) is -2.32. The van der Waals surface area contributed by atoms with Crippen LogP contribution in [0.1, 0.15) is 19.8 Å². The summed E-state index contributed by atoms with van der Waals surface area (Å²) >= 11 is 0. The zero-order chi connectivity index (χ0) is 18.4. The molecule has 1 atom stereocenters. The number of nitrogens with zero attached hydrogens (tertiary/aromatic N) is 1. The number of rotatable bonds is 7. The van der Waals surface area contributed by atoms with Crippen molar-refractivity contribution in [3.05, 3.63) is 18.2 Å². The van der Waals surface area contributed by atoms with Gasteiger partial charge in [0.15, 0.2) is 0 Å². The molecule has 140 valence electrons. The van der Waals surface area contributed by atoms with Gasteiger partial charge in [0.05, 0.1) is 20.3 Å². The number of methoxy groups -OCH3 is 1. The normalized spacial score (nSPS) is 17.1. The second-order valence-electron chi connectivity index (χ2n) is 5.95. The molecule has 0 aliphatic carbocycles. The van der Waals surface area contributed by atoms with E-state index in [0.29, 0.717) is 25.3 Å². The highest BCUT2D eigenvalue weighted by atomic mass is 32.2. The van der Waals surface area contributed by atoms with Crippen molar-refractivity contribution in [2.75, 3.05) is 38.7 Å². The van der Waals surface area contributed by atoms with Crippen molar-refractivity contribution >= 4 is 21.6 Å². The van der Waals surface area contributed by atoms with Crippen LogP contribution in [0, 0.1) is 0 Å². The van der Waals surface area contributed by atoms with Gasteiger partial charge in [-0.3, -0.25) is 4.79 Å². The van der Waals surface area contributed by atoms with Crippen molar-refractivity contribution < 1.29 is 22.7 Å². The van der Waals surface area contributed by atoms with E-state index < -0.39 is 10.0 Å². The summed E-state index contributed by atoms with van der Waals surface area (Å²) in [6.45, 7) is 3.12. The quantitative estimate of drug-likeness (QED) is 0.733. The summed E-state index contributed by atoms with van der Waals surface area (Å²) in [6, 6.07) is 4.50. The Labute approximate surface area is 148 Å². The van der Waals surface area contributed by atoms with Crippen molar-refractivity contribution in [3.8, 4) is 5.75 Å². The Morgan fingerprint density at radius 1 is 1.40 bits per heavy atom. The fourth-order valence-corrected chi connectivity index (χ4v) is 4.05. The molecule has 1 unspecified atom stereocenters. The minimum atomic E-state index is -3.73. The Bertz CT molecular complexity index is 700. The summed E-state index contributed by atoms with van der Waals surface area (Å²) < 4.78 is 37.5. The first-order valence-electron chi connectivity index (χ1n) is 8.16. The average molecular weight is 371 g/mol. The highest BCUT2D eigenvalue weighted by Gasteiger charge is 2.29. The van der Waals surface area contributed by atoms with Crippen LogP contribution in [0.2, 0.25) is 0 Å². The second kappa shape index (κ2) is 8.61. The van der Waals surface area contributed by atoms with Crippen LogP contribution in [0.3, 0.4) is 0 Å². The van der Waals surface area contributed by atoms with E-state index in [9.17, 15) is 13.2 Å². The molecule has 1 fully saturated rings. The second-order valence-corrected chi connectivity index (χ2v) is 7.85. The zero-order valence-corrected chi connectivity index (χ0v) is 15.3. The Hall–Kier alpha value is -1.68. The first-order valence-corrected chi connectivity index (χ1v) is 9.60. The Kier molecular flexibility index (Phi) is 6.77. The minimum Gasteiger partial charge on any atom is -0.495 e. The van der Waals surface area contributed by atoms with E-state index >= 15 is 0 Å². The van der Waals surface area contributed by atoms with Crippen LogP contribution in [-0.2, 0) is 19.6 Å². The lowest BCUT2D eigenvalue weighted by molar-refractivity contribution is -0.116. The van der Waals surface area contributed by atoms with Gasteiger partial charge in [-0.2, -0.15) is 4.31 Å². The van der Waals surface area contributed by atoms with Gasteiger partial charge in [-0.25, -0.2) is 8.42 Å². The van der Waals surface area contributed by atoms with E-state index in [-0.39, 0.29) is 42.1 Å². The molecule has 0 spiro atoms. The van der Waals surface area contributed by atoms with Gasteiger partial charge in [-0.05, 0) is 31.5 Å². The van der Waals surface area contributed by atoms with E-state index in [4.69, 9.17) is 15.2 Å². The van der Waals surface area contributed by atoms with Gasteiger partial charge >= 0.3 is 0 Å². The van der Waals surface area contributed by atoms with Crippen molar-refractivity contribution in [1.29, 1.82) is 0 Å². The van der Waals surface area contributed by atoms with E-state index in [1.54, 1.807) is 6.07 Å². The maximum absolute atomic E-state index is 12.9. The predicted molar refractivity (Wildman–Crippen MR) is 94.1 cm³/mol. The van der Waals surface area contributed by atoms with Crippen molar-refractivity contribution in [3.63, 3.8) is 0 Å². The van der Waals surface area contributed by atoms with Gasteiger partial charge in [-0.15, -0.1) is 0 Å². The summed E-state index contributed by atoms with van der Waals surface area (Å²) in [5.41, 5.74) is 6.05. The zero-order valence-electron chi connectivity index (χ0n) is 14.5. The summed E-state index contributed by atoms with van der Waals surface area (Å²) in [6.07, 6.45) is 0.830. The fourth-order valence-electron chi connectivity index (χ4n) is 2.46. The van der Waals surface area contributed by atoms with Gasteiger partial charge in [0.25, 0.3) is 0 Å². The van der Waals surface area contributed by atoms with Crippen molar-refractivity contribution in [2.45, 2.75) is 30.7 Å². The molecule has 9 heteroatoms. The van der Waals surface area contributed by atoms with Gasteiger partial charge in [0.2, 0.25) is 15.9 Å². The van der Waals surface area contributed by atoms with E-state index in [2.05, 4.69) is 5.32 Å². The van der Waals surface area contributed by atoms with Crippen LogP contribution in [-0.4, -0.2) is 58.1 Å². The third kappa shape index (κ3) is 5.15. The first kappa shape index (κ1) is 19.6. The largest absolute Gasteiger partial charge is 0.495 e. The average Bonchev–Trinajstić information content (AvgIpc) is 2.60. The number of hydrogen-bond acceptors (Lipinski definition) is 6. The summed E-state index contributed by atoms with van der Waals surface area (Å²) in [5, 5.41) is 2.71. The number of carbonyl (C=O) groups excluding carboxylic acids is 1. The molecule has 2 rings (SSSR count). The lowest BCUT2D eigenvalue weighted by atomic mass is 10.2. The third-order valence-corrected chi connectivity index (χ3v) is 5.78. The van der Waals surface area contributed by atoms with Gasteiger partial charge in [-0.1, -0.05) is 0 Å². The smallest absolute Gasteiger partial charge is 0.246 e. The number of nitrogens with two attached hydrogens (primary N) is 1. The lowest BCUT2D eigenvalue weighted by Crippen LogP contribution is -2.40. The number of carbonyl (C=O) groups is 1. The number of anilines is 1. The van der Waals surface area contributed by atoms with Crippen molar-refractivity contribution in [2.24, 2.45) is 5.73 Å². The molecule has 25 heavy (non-hydrogen) atoms. The van der Waals surface area contributed by atoms with Crippen LogP contribution in [0.4, 0.5) is 5.69 Å². The monoisotopic (exact) mass is 371 g/mol. The molecule has 0 aromatic heterocycles. The van der Waals surface area contributed by atoms with Crippen LogP contribution < -0.4 is 15.8 Å². The standard InChI is InChI=1S/C16H25N3O5S/c1-12(17)3-6-16(20)18-13-4-5-14(23-2)15(11-13)25(21,22)19-7-9-24-10-8-19/h4-5,11-12H,3,6-10,17H2,1-2H3,(H,18,20). The van der Waals surface area contributed by atoms with E-state index in [1.807, 2.05) is 6.92 Å². The number of amides is 1. The molecule has 1 aliphatic rings. The molecule has 1 aliphatic heterocycles. The first-order chi connectivity index (χ1) is 11.8. The number of hydrogen-bond donors (Lipinski definition) is 2. The summed E-state index contributed by atoms with van der Waals surface area (Å²) in [5.74, 6) is 0.0252. The minimum absolute atomic E-state index is 0.0295. The predicted octanol–water partition coefficient (Wildman–Crippen LogP) is 0.782. The highest BCUT2D eigenvalue weighted by molar-refractivity contribution is 7.89. The van der Waals surface area contributed by atoms with Gasteiger partial charge < -0.3 is 20.5 Å². The molecule has 1 saturated heterocycles. The molecule has 3 N–H and O–H groups in total. The molecule has 1 amide bonds. The number of sulfonamides is 1. The Morgan fingerprint density at radius 3 is 2.68 bits per heavy atom. The van der Waals surface area contributed by atoms with Gasteiger partial charge in [0.1, 0.15) is 10.6 Å². The lowest BCUT2D eigenvalue weighted by Gasteiger charge is -2.26. The number of morpholine rings is 1. The van der Waals surface area contributed by atoms with E-state index in [0.717, 1.165) is 0 Å². The van der Waals surface area contributed by atoms with Crippen LogP contribution in [0.5, 0.6) is 5.75 Å². The molecule has 1 aromatic carbocycles. The molecule has 1 heterocycles. The highest BCUT2D eigenvalue weighted by Crippen LogP contribution is 2.30. The van der Waals surface area contributed by atoms with Gasteiger partial charge in [0, 0.05) is 31.2 Å². The molecular formula is C16H25N3O5S. The molecule has 0 radical (unpaired) electrons. The van der Waals surface area contributed by atoms with Crippen LogP contribution in [0.25, 0.3) is 0 Å². The Morgan fingerprint density at radius 2 is 2.08 bits per heavy atom. The SMILES string of the molecule is COc1ccc(NC(=O)CCC(C)N)cc1S(=O)(=O)N1CCOCC1.